The second kappa shape index (κ2) is 12.6. The number of amides is 2. The largest absolute Gasteiger partial charge is 0.466 e. The molecular weight excluding hydrogens is 482 g/mol. The highest BCUT2D eigenvalue weighted by molar-refractivity contribution is 7.89. The van der Waals surface area contributed by atoms with Gasteiger partial charge in [-0.3, -0.25) is 14.4 Å². The van der Waals surface area contributed by atoms with Crippen molar-refractivity contribution < 1.29 is 27.5 Å². The molecule has 9 nitrogen and oxygen atoms in total. The zero-order valence-electron chi connectivity index (χ0n) is 20.6. The first-order valence-corrected chi connectivity index (χ1v) is 13.5. The highest BCUT2D eigenvalue weighted by Gasteiger charge is 2.40. The van der Waals surface area contributed by atoms with Gasteiger partial charge in [0.15, 0.2) is 0 Å². The quantitative estimate of drug-likeness (QED) is 0.441. The molecular formula is C26H33N3O6S. The molecule has 0 aliphatic carbocycles. The highest BCUT2D eigenvalue weighted by atomic mass is 32.2. The summed E-state index contributed by atoms with van der Waals surface area (Å²) in [5.74, 6) is -1.41. The number of hydrogen-bond donors (Lipinski definition) is 2. The Bertz CT molecular complexity index is 1150. The van der Waals surface area contributed by atoms with Crippen molar-refractivity contribution in [3.8, 4) is 0 Å². The van der Waals surface area contributed by atoms with Gasteiger partial charge in [-0.1, -0.05) is 48.0 Å². The van der Waals surface area contributed by atoms with Crippen LogP contribution < -0.4 is 10.6 Å². The van der Waals surface area contributed by atoms with E-state index >= 15 is 0 Å². The van der Waals surface area contributed by atoms with Gasteiger partial charge >= 0.3 is 5.97 Å². The standard InChI is InChI=1S/C26H33N3O6S/c1-3-35-24(30)15-16-27-25(31)22(18-20-8-5-4-6-9-20)28-26(32)23-10-7-17-29(23)36(33,34)21-13-11-19(2)12-14-21/h4-6,8-9,11-14,22-23H,3,7,10,15-18H2,1-2H3,(H,27,31)(H,28,32)/t22?,23-/m0/s1. The number of benzene rings is 2. The molecule has 1 aliphatic rings. The third-order valence-electron chi connectivity index (χ3n) is 5.98. The van der Waals surface area contributed by atoms with Gasteiger partial charge < -0.3 is 15.4 Å². The van der Waals surface area contributed by atoms with Gasteiger partial charge in [-0.2, -0.15) is 4.31 Å². The molecule has 0 bridgehead atoms. The van der Waals surface area contributed by atoms with Crippen molar-refractivity contribution in [3.63, 3.8) is 0 Å². The van der Waals surface area contributed by atoms with Crippen LogP contribution in [-0.4, -0.2) is 62.3 Å². The maximum absolute atomic E-state index is 13.3. The van der Waals surface area contributed by atoms with Crippen molar-refractivity contribution in [2.75, 3.05) is 19.7 Å². The summed E-state index contributed by atoms with van der Waals surface area (Å²) in [5.41, 5.74) is 1.77. The Kier molecular flexibility index (Phi) is 9.60. The molecule has 0 aromatic heterocycles. The van der Waals surface area contributed by atoms with Crippen LogP contribution in [0.5, 0.6) is 0 Å². The van der Waals surface area contributed by atoms with E-state index in [4.69, 9.17) is 4.74 Å². The van der Waals surface area contributed by atoms with Gasteiger partial charge in [-0.05, 0) is 44.4 Å². The van der Waals surface area contributed by atoms with E-state index in [1.165, 1.54) is 16.4 Å². The predicted octanol–water partition coefficient (Wildman–Crippen LogP) is 1.95. The second-order valence-electron chi connectivity index (χ2n) is 8.68. The minimum Gasteiger partial charge on any atom is -0.466 e. The maximum atomic E-state index is 13.3. The minimum atomic E-state index is -3.87. The van der Waals surface area contributed by atoms with E-state index in [-0.39, 0.29) is 37.4 Å². The monoisotopic (exact) mass is 515 g/mol. The molecule has 1 unspecified atom stereocenters. The average molecular weight is 516 g/mol. The third kappa shape index (κ3) is 7.14. The second-order valence-corrected chi connectivity index (χ2v) is 10.6. The third-order valence-corrected chi connectivity index (χ3v) is 7.91. The van der Waals surface area contributed by atoms with E-state index in [0.717, 1.165) is 11.1 Å². The molecule has 10 heteroatoms. The fourth-order valence-electron chi connectivity index (χ4n) is 4.11. The first kappa shape index (κ1) is 27.3. The molecule has 0 radical (unpaired) electrons. The van der Waals surface area contributed by atoms with Gasteiger partial charge in [0.1, 0.15) is 12.1 Å². The van der Waals surface area contributed by atoms with E-state index in [0.29, 0.717) is 12.8 Å². The highest BCUT2D eigenvalue weighted by Crippen LogP contribution is 2.26. The normalized spacial score (nSPS) is 16.8. The molecule has 1 saturated heterocycles. The van der Waals surface area contributed by atoms with Crippen molar-refractivity contribution in [2.45, 2.75) is 56.5 Å². The molecule has 0 saturated carbocycles. The average Bonchev–Trinajstić information content (AvgIpc) is 3.36. The van der Waals surface area contributed by atoms with E-state index in [9.17, 15) is 22.8 Å². The number of carbonyl (C=O) groups excluding carboxylic acids is 3. The summed E-state index contributed by atoms with van der Waals surface area (Å²) in [7, 11) is -3.87. The molecule has 2 aromatic rings. The van der Waals surface area contributed by atoms with Gasteiger partial charge in [-0.15, -0.1) is 0 Å². The Balaban J connectivity index is 1.73. The van der Waals surface area contributed by atoms with Crippen LogP contribution >= 0.6 is 0 Å². The molecule has 1 fully saturated rings. The summed E-state index contributed by atoms with van der Waals surface area (Å²) in [4.78, 5) is 38.0. The SMILES string of the molecule is CCOC(=O)CCNC(=O)C(Cc1ccccc1)NC(=O)[C@@H]1CCCN1S(=O)(=O)c1ccc(C)cc1. The smallest absolute Gasteiger partial charge is 0.307 e. The number of hydrogen-bond acceptors (Lipinski definition) is 6. The van der Waals surface area contributed by atoms with Crippen molar-refractivity contribution in [1.29, 1.82) is 0 Å². The first-order valence-electron chi connectivity index (χ1n) is 12.1. The van der Waals surface area contributed by atoms with E-state index < -0.39 is 39.9 Å². The molecule has 1 heterocycles. The Morgan fingerprint density at radius 3 is 2.44 bits per heavy atom. The summed E-state index contributed by atoms with van der Waals surface area (Å²) in [6.45, 7) is 4.11. The lowest BCUT2D eigenvalue weighted by Crippen LogP contribution is -2.54. The summed E-state index contributed by atoms with van der Waals surface area (Å²) in [6, 6.07) is 13.9. The van der Waals surface area contributed by atoms with Crippen molar-refractivity contribution >= 4 is 27.8 Å². The Labute approximate surface area is 212 Å². The predicted molar refractivity (Wildman–Crippen MR) is 134 cm³/mol. The Morgan fingerprint density at radius 1 is 1.08 bits per heavy atom. The molecule has 36 heavy (non-hydrogen) atoms. The molecule has 194 valence electrons. The van der Waals surface area contributed by atoms with E-state index in [2.05, 4.69) is 10.6 Å². The lowest BCUT2D eigenvalue weighted by molar-refractivity contribution is -0.143. The maximum Gasteiger partial charge on any atom is 0.307 e. The zero-order valence-corrected chi connectivity index (χ0v) is 21.4. The minimum absolute atomic E-state index is 0.0107. The number of carbonyl (C=O) groups is 3. The van der Waals surface area contributed by atoms with Gasteiger partial charge in [-0.25, -0.2) is 8.42 Å². The van der Waals surface area contributed by atoms with Gasteiger partial charge in [0.2, 0.25) is 21.8 Å². The lowest BCUT2D eigenvalue weighted by atomic mass is 10.0. The molecule has 0 spiro atoms. The van der Waals surface area contributed by atoms with Crippen molar-refractivity contribution in [3.05, 3.63) is 65.7 Å². The van der Waals surface area contributed by atoms with Crippen molar-refractivity contribution in [1.82, 2.24) is 14.9 Å². The fraction of sp³-hybridized carbons (Fsp3) is 0.423. The first-order chi connectivity index (χ1) is 17.2. The number of sulfonamides is 1. The summed E-state index contributed by atoms with van der Waals surface area (Å²) in [6.07, 6.45) is 1.13. The topological polar surface area (TPSA) is 122 Å². The van der Waals surface area contributed by atoms with Crippen LogP contribution in [0.2, 0.25) is 0 Å². The zero-order chi connectivity index (χ0) is 26.1. The molecule has 3 rings (SSSR count). The van der Waals surface area contributed by atoms with Crippen LogP contribution in [0.4, 0.5) is 0 Å². The van der Waals surface area contributed by atoms with Crippen LogP contribution in [-0.2, 0) is 35.6 Å². The summed E-state index contributed by atoms with van der Waals surface area (Å²) in [5, 5.41) is 5.43. The summed E-state index contributed by atoms with van der Waals surface area (Å²) >= 11 is 0. The van der Waals surface area contributed by atoms with Crippen LogP contribution in [0.15, 0.2) is 59.5 Å². The van der Waals surface area contributed by atoms with Crippen LogP contribution in [0.1, 0.15) is 37.3 Å². The number of esters is 1. The molecule has 1 aliphatic heterocycles. The van der Waals surface area contributed by atoms with Crippen molar-refractivity contribution in [2.24, 2.45) is 0 Å². The lowest BCUT2D eigenvalue weighted by Gasteiger charge is -2.26. The molecule has 2 aromatic carbocycles. The Hall–Kier alpha value is -3.24. The van der Waals surface area contributed by atoms with E-state index in [1.807, 2.05) is 37.3 Å². The number of ether oxygens (including phenoxy) is 1. The molecule has 2 atom stereocenters. The fourth-order valence-corrected chi connectivity index (χ4v) is 5.76. The molecule has 2 N–H and O–H groups in total. The molecule has 2 amide bonds. The van der Waals surface area contributed by atoms with Crippen LogP contribution in [0.25, 0.3) is 0 Å². The van der Waals surface area contributed by atoms with Crippen LogP contribution in [0, 0.1) is 6.92 Å². The van der Waals surface area contributed by atoms with Crippen LogP contribution in [0.3, 0.4) is 0 Å². The number of nitrogens with one attached hydrogen (secondary N) is 2. The summed E-state index contributed by atoms with van der Waals surface area (Å²) < 4.78 is 32.6. The number of rotatable bonds is 11. The van der Waals surface area contributed by atoms with Gasteiger partial charge in [0.25, 0.3) is 0 Å². The number of aryl methyl sites for hydroxylation is 1. The number of nitrogens with zero attached hydrogens (tertiary/aromatic N) is 1. The van der Waals surface area contributed by atoms with Gasteiger partial charge in [0, 0.05) is 19.5 Å². The van der Waals surface area contributed by atoms with Gasteiger partial charge in [0.05, 0.1) is 17.9 Å². The van der Waals surface area contributed by atoms with E-state index in [1.54, 1.807) is 19.1 Å². The Morgan fingerprint density at radius 2 is 1.78 bits per heavy atom.